The number of nitrogens with zero attached hydrogens (tertiary/aromatic N) is 1. The Bertz CT molecular complexity index is 474. The number of benzene rings is 1. The number of aliphatic carboxylic acids is 1. The number of hydrogen-bond donors (Lipinski definition) is 1. The monoisotopic (exact) mass is 241 g/mol. The second-order valence-electron chi connectivity index (χ2n) is 4.48. The summed E-state index contributed by atoms with van der Waals surface area (Å²) in [7, 11) is 3.22. The summed E-state index contributed by atoms with van der Waals surface area (Å²) in [6, 6.07) is 2.52. The third-order valence-corrected chi connectivity index (χ3v) is 3.05. The maximum Gasteiger partial charge on any atom is 0.307 e. The smallest absolute Gasteiger partial charge is 0.307 e. The van der Waals surface area contributed by atoms with Gasteiger partial charge in [0.2, 0.25) is 0 Å². The lowest BCUT2D eigenvalue weighted by molar-refractivity contribution is -0.138. The highest BCUT2D eigenvalue weighted by atomic mass is 19.2. The first kappa shape index (κ1) is 11.8. The second kappa shape index (κ2) is 3.98. The van der Waals surface area contributed by atoms with Crippen LogP contribution in [0.25, 0.3) is 0 Å². The van der Waals surface area contributed by atoms with Gasteiger partial charge < -0.3 is 10.0 Å². The third kappa shape index (κ3) is 1.97. The predicted octanol–water partition coefficient (Wildman–Crippen LogP) is 2.22. The molecule has 0 amide bonds. The number of halogens is 2. The molecule has 2 rings (SSSR count). The van der Waals surface area contributed by atoms with Crippen LogP contribution in [0.3, 0.4) is 0 Å². The lowest BCUT2D eigenvalue weighted by Gasteiger charge is -2.18. The summed E-state index contributed by atoms with van der Waals surface area (Å²) in [5, 5.41) is 8.86. The third-order valence-electron chi connectivity index (χ3n) is 3.05. The molecule has 17 heavy (non-hydrogen) atoms. The molecule has 3 nitrogen and oxygen atoms in total. The van der Waals surface area contributed by atoms with E-state index in [-0.39, 0.29) is 11.6 Å². The fourth-order valence-electron chi connectivity index (χ4n) is 2.12. The molecular weight excluding hydrogens is 228 g/mol. The van der Waals surface area contributed by atoms with Crippen molar-refractivity contribution in [3.05, 3.63) is 29.3 Å². The molecule has 1 saturated carbocycles. The van der Waals surface area contributed by atoms with E-state index in [1.54, 1.807) is 14.1 Å². The van der Waals surface area contributed by atoms with Crippen molar-refractivity contribution in [2.45, 2.75) is 12.3 Å². The molecule has 0 bridgehead atoms. The molecule has 1 aromatic carbocycles. The van der Waals surface area contributed by atoms with Crippen molar-refractivity contribution >= 4 is 11.7 Å². The molecule has 0 radical (unpaired) electrons. The maximum atomic E-state index is 13.7. The number of carbonyl (C=O) groups is 1. The van der Waals surface area contributed by atoms with E-state index in [9.17, 15) is 13.6 Å². The molecule has 0 aliphatic heterocycles. The molecule has 0 spiro atoms. The molecule has 5 heteroatoms. The summed E-state index contributed by atoms with van der Waals surface area (Å²) in [5.41, 5.74) is 0.722. The highest BCUT2D eigenvalue weighted by Crippen LogP contribution is 2.50. The Morgan fingerprint density at radius 3 is 2.53 bits per heavy atom. The zero-order valence-corrected chi connectivity index (χ0v) is 9.58. The molecule has 0 aromatic heterocycles. The van der Waals surface area contributed by atoms with Gasteiger partial charge in [0.1, 0.15) is 0 Å². The number of anilines is 1. The van der Waals surface area contributed by atoms with Gasteiger partial charge in [-0.2, -0.15) is 0 Å². The van der Waals surface area contributed by atoms with E-state index >= 15 is 0 Å². The summed E-state index contributed by atoms with van der Waals surface area (Å²) >= 11 is 0. The fourth-order valence-corrected chi connectivity index (χ4v) is 2.12. The predicted molar refractivity (Wildman–Crippen MR) is 59.2 cm³/mol. The quantitative estimate of drug-likeness (QED) is 0.882. The van der Waals surface area contributed by atoms with Crippen molar-refractivity contribution in [1.82, 2.24) is 0 Å². The molecule has 1 N–H and O–H groups in total. The van der Waals surface area contributed by atoms with Gasteiger partial charge in [0, 0.05) is 20.0 Å². The summed E-state index contributed by atoms with van der Waals surface area (Å²) in [4.78, 5) is 12.3. The van der Waals surface area contributed by atoms with Gasteiger partial charge in [-0.3, -0.25) is 4.79 Å². The van der Waals surface area contributed by atoms with E-state index in [0.717, 1.165) is 6.07 Å². The standard InChI is InChI=1S/C12H13F2NO2/c1-15(2)11-6(3-4-9(13)10(11)14)7-5-8(7)12(16)17/h3-4,7-8H,5H2,1-2H3,(H,16,17)/t7-,8+/m0/s1. The van der Waals surface area contributed by atoms with Crippen LogP contribution in [0.1, 0.15) is 17.9 Å². The molecule has 1 aromatic rings. The minimum Gasteiger partial charge on any atom is -0.481 e. The van der Waals surface area contributed by atoms with Crippen molar-refractivity contribution < 1.29 is 18.7 Å². The van der Waals surface area contributed by atoms with Crippen LogP contribution in [0, 0.1) is 17.6 Å². The lowest BCUT2D eigenvalue weighted by atomic mass is 10.1. The van der Waals surface area contributed by atoms with Gasteiger partial charge in [0.15, 0.2) is 11.6 Å². The average molecular weight is 241 g/mol. The zero-order valence-electron chi connectivity index (χ0n) is 9.58. The molecule has 0 unspecified atom stereocenters. The van der Waals surface area contributed by atoms with Crippen molar-refractivity contribution in [1.29, 1.82) is 0 Å². The molecule has 0 heterocycles. The highest BCUT2D eigenvalue weighted by Gasteiger charge is 2.46. The van der Waals surface area contributed by atoms with Crippen molar-refractivity contribution in [3.8, 4) is 0 Å². The molecule has 2 atom stereocenters. The van der Waals surface area contributed by atoms with E-state index in [1.165, 1.54) is 11.0 Å². The fraction of sp³-hybridized carbons (Fsp3) is 0.417. The molecule has 0 saturated heterocycles. The minimum absolute atomic E-state index is 0.152. The summed E-state index contributed by atoms with van der Waals surface area (Å²) in [6.45, 7) is 0. The summed E-state index contributed by atoms with van der Waals surface area (Å²) in [5.74, 6) is -3.39. The Labute approximate surface area is 97.7 Å². The number of hydrogen-bond acceptors (Lipinski definition) is 2. The zero-order chi connectivity index (χ0) is 12.7. The Kier molecular flexibility index (Phi) is 2.77. The minimum atomic E-state index is -0.913. The van der Waals surface area contributed by atoms with Crippen LogP contribution >= 0.6 is 0 Å². The molecule has 92 valence electrons. The van der Waals surface area contributed by atoms with Crippen LogP contribution in [0.2, 0.25) is 0 Å². The first-order valence-corrected chi connectivity index (χ1v) is 5.31. The van der Waals surface area contributed by atoms with Crippen molar-refractivity contribution in [2.75, 3.05) is 19.0 Å². The first-order valence-electron chi connectivity index (χ1n) is 5.31. The van der Waals surface area contributed by atoms with Gasteiger partial charge in [0.05, 0.1) is 11.6 Å². The summed E-state index contributed by atoms with van der Waals surface area (Å²) in [6.07, 6.45) is 0.487. The van der Waals surface area contributed by atoms with Crippen molar-refractivity contribution in [3.63, 3.8) is 0 Å². The number of carboxylic acid groups (broad SMARTS) is 1. The maximum absolute atomic E-state index is 13.7. The topological polar surface area (TPSA) is 40.5 Å². The van der Waals surface area contributed by atoms with Crippen LogP contribution in [-0.2, 0) is 4.79 Å². The van der Waals surface area contributed by atoms with Gasteiger partial charge >= 0.3 is 5.97 Å². The van der Waals surface area contributed by atoms with Crippen LogP contribution in [0.5, 0.6) is 0 Å². The lowest BCUT2D eigenvalue weighted by Crippen LogP contribution is -2.14. The SMILES string of the molecule is CN(C)c1c([C@@H]2C[C@H]2C(=O)O)ccc(F)c1F. The Morgan fingerprint density at radius 1 is 1.41 bits per heavy atom. The van der Waals surface area contributed by atoms with Gasteiger partial charge in [0.25, 0.3) is 0 Å². The van der Waals surface area contributed by atoms with Crippen LogP contribution in [-0.4, -0.2) is 25.2 Å². The largest absolute Gasteiger partial charge is 0.481 e. The van der Waals surface area contributed by atoms with Crippen LogP contribution in [0.4, 0.5) is 14.5 Å². The number of carboxylic acids is 1. The second-order valence-corrected chi connectivity index (χ2v) is 4.48. The van der Waals surface area contributed by atoms with Crippen LogP contribution < -0.4 is 4.90 Å². The molecule has 1 aliphatic rings. The first-order chi connectivity index (χ1) is 7.93. The van der Waals surface area contributed by atoms with E-state index < -0.39 is 23.5 Å². The van der Waals surface area contributed by atoms with Gasteiger partial charge in [-0.1, -0.05) is 6.07 Å². The average Bonchev–Trinajstić information content (AvgIpc) is 3.00. The highest BCUT2D eigenvalue weighted by molar-refractivity contribution is 5.76. The van der Waals surface area contributed by atoms with Gasteiger partial charge in [-0.25, -0.2) is 8.78 Å². The normalized spacial score (nSPS) is 22.4. The number of rotatable bonds is 3. The van der Waals surface area contributed by atoms with Gasteiger partial charge in [-0.05, 0) is 18.1 Å². The molecular formula is C12H13F2NO2. The van der Waals surface area contributed by atoms with Crippen molar-refractivity contribution in [2.24, 2.45) is 5.92 Å². The Morgan fingerprint density at radius 2 is 2.06 bits per heavy atom. The Balaban J connectivity index is 2.42. The van der Waals surface area contributed by atoms with E-state index in [1.807, 2.05) is 0 Å². The van der Waals surface area contributed by atoms with E-state index in [2.05, 4.69) is 0 Å². The van der Waals surface area contributed by atoms with E-state index in [4.69, 9.17) is 5.11 Å². The van der Waals surface area contributed by atoms with Crippen LogP contribution in [0.15, 0.2) is 12.1 Å². The molecule has 1 aliphatic carbocycles. The Hall–Kier alpha value is -1.65. The van der Waals surface area contributed by atoms with Gasteiger partial charge in [-0.15, -0.1) is 0 Å². The van der Waals surface area contributed by atoms with E-state index in [0.29, 0.717) is 12.0 Å². The summed E-state index contributed by atoms with van der Waals surface area (Å²) < 4.78 is 26.8. The molecule has 1 fully saturated rings.